The highest BCUT2D eigenvalue weighted by atomic mass is 35.5. The van der Waals surface area contributed by atoms with Crippen molar-refractivity contribution in [3.05, 3.63) is 123 Å². The van der Waals surface area contributed by atoms with Crippen molar-refractivity contribution in [3.63, 3.8) is 0 Å². The van der Waals surface area contributed by atoms with Gasteiger partial charge in [-0.05, 0) is 48.5 Å². The van der Waals surface area contributed by atoms with Gasteiger partial charge in [-0.1, -0.05) is 65.7 Å². The van der Waals surface area contributed by atoms with Crippen LogP contribution in [-0.4, -0.2) is 18.8 Å². The van der Waals surface area contributed by atoms with E-state index in [2.05, 4.69) is 5.32 Å². The van der Waals surface area contributed by atoms with Crippen molar-refractivity contribution in [2.45, 2.75) is 6.61 Å². The Bertz CT molecular complexity index is 1370. The molecule has 0 fully saturated rings. The van der Waals surface area contributed by atoms with Crippen LogP contribution < -0.4 is 14.8 Å². The van der Waals surface area contributed by atoms with E-state index in [1.54, 1.807) is 79.9 Å². The van der Waals surface area contributed by atoms with E-state index in [9.17, 15) is 9.59 Å². The first-order valence-corrected chi connectivity index (χ1v) is 11.5. The van der Waals surface area contributed by atoms with Gasteiger partial charge in [0.1, 0.15) is 18.1 Å². The van der Waals surface area contributed by atoms with E-state index < -0.39 is 5.91 Å². The lowest BCUT2D eigenvalue weighted by Crippen LogP contribution is -2.16. The second-order valence-corrected chi connectivity index (χ2v) is 8.43. The van der Waals surface area contributed by atoms with Gasteiger partial charge in [0.05, 0.1) is 17.8 Å². The van der Waals surface area contributed by atoms with Crippen LogP contribution in [0.5, 0.6) is 11.5 Å². The lowest BCUT2D eigenvalue weighted by Gasteiger charge is -2.14. The summed E-state index contributed by atoms with van der Waals surface area (Å²) in [6, 6.07) is 25.7. The van der Waals surface area contributed by atoms with Crippen LogP contribution >= 0.6 is 23.2 Å². The van der Waals surface area contributed by atoms with Gasteiger partial charge in [-0.2, -0.15) is 0 Å². The van der Waals surface area contributed by atoms with E-state index >= 15 is 0 Å². The second-order valence-electron chi connectivity index (χ2n) is 7.58. The van der Waals surface area contributed by atoms with E-state index in [1.165, 1.54) is 0 Å². The van der Waals surface area contributed by atoms with E-state index in [1.807, 2.05) is 18.2 Å². The number of nitrogens with one attached hydrogen (secondary N) is 1. The van der Waals surface area contributed by atoms with Crippen molar-refractivity contribution < 1.29 is 19.1 Å². The van der Waals surface area contributed by atoms with Gasteiger partial charge in [0, 0.05) is 27.3 Å². The second kappa shape index (κ2) is 11.1. The molecule has 5 nitrogen and oxygen atoms in total. The zero-order valence-corrected chi connectivity index (χ0v) is 20.3. The third-order valence-electron chi connectivity index (χ3n) is 5.27. The van der Waals surface area contributed by atoms with Crippen LogP contribution in [0.2, 0.25) is 10.0 Å². The molecule has 0 aliphatic carbocycles. The largest absolute Gasteiger partial charge is 0.496 e. The Kier molecular flexibility index (Phi) is 7.70. The maximum atomic E-state index is 13.1. The Labute approximate surface area is 213 Å². The molecule has 0 unspecified atom stereocenters. The average Bonchev–Trinajstić information content (AvgIpc) is 2.89. The molecule has 35 heavy (non-hydrogen) atoms. The molecule has 0 aromatic heterocycles. The molecule has 0 saturated carbocycles. The molecule has 7 heteroatoms. The predicted molar refractivity (Wildman–Crippen MR) is 138 cm³/mol. The number of carbonyl (C=O) groups excluding carboxylic acids is 2. The van der Waals surface area contributed by atoms with Gasteiger partial charge in [0.25, 0.3) is 5.91 Å². The monoisotopic (exact) mass is 505 g/mol. The van der Waals surface area contributed by atoms with Crippen LogP contribution in [0.25, 0.3) is 0 Å². The van der Waals surface area contributed by atoms with E-state index in [0.717, 1.165) is 0 Å². The molecular formula is C28H21Cl2NO4. The highest BCUT2D eigenvalue weighted by molar-refractivity contribution is 6.32. The zero-order valence-electron chi connectivity index (χ0n) is 18.8. The number of hydrogen-bond acceptors (Lipinski definition) is 4. The van der Waals surface area contributed by atoms with Crippen molar-refractivity contribution in [1.29, 1.82) is 0 Å². The molecule has 0 spiro atoms. The van der Waals surface area contributed by atoms with Crippen LogP contribution in [0.15, 0.2) is 91.0 Å². The van der Waals surface area contributed by atoms with Crippen LogP contribution in [0.3, 0.4) is 0 Å². The number of para-hydroxylation sites is 1. The van der Waals surface area contributed by atoms with Crippen molar-refractivity contribution in [3.8, 4) is 11.5 Å². The summed E-state index contributed by atoms with van der Waals surface area (Å²) in [5.41, 5.74) is 2.19. The smallest absolute Gasteiger partial charge is 0.255 e. The minimum Gasteiger partial charge on any atom is -0.496 e. The summed E-state index contributed by atoms with van der Waals surface area (Å²) in [6.07, 6.45) is 0. The minimum absolute atomic E-state index is 0.146. The Morgan fingerprint density at radius 1 is 0.800 bits per heavy atom. The first-order chi connectivity index (χ1) is 17.0. The van der Waals surface area contributed by atoms with Gasteiger partial charge in [-0.15, -0.1) is 0 Å². The quantitative estimate of drug-likeness (QED) is 0.260. The third kappa shape index (κ3) is 5.83. The lowest BCUT2D eigenvalue weighted by molar-refractivity contribution is 0.102. The number of anilines is 1. The number of rotatable bonds is 8. The van der Waals surface area contributed by atoms with Gasteiger partial charge >= 0.3 is 0 Å². The number of ether oxygens (including phenoxy) is 2. The molecule has 0 saturated heterocycles. The van der Waals surface area contributed by atoms with E-state index in [-0.39, 0.29) is 12.4 Å². The molecule has 0 heterocycles. The first kappa shape index (κ1) is 24.3. The molecule has 4 rings (SSSR count). The Hall–Kier alpha value is -3.80. The molecule has 0 aliphatic heterocycles. The molecule has 1 amide bonds. The highest BCUT2D eigenvalue weighted by Crippen LogP contribution is 2.28. The number of carbonyl (C=O) groups is 2. The molecule has 176 valence electrons. The fraction of sp³-hybridized carbons (Fsp3) is 0.0714. The topological polar surface area (TPSA) is 64.6 Å². The van der Waals surface area contributed by atoms with Crippen molar-refractivity contribution >= 4 is 40.6 Å². The molecular weight excluding hydrogens is 485 g/mol. The van der Waals surface area contributed by atoms with Crippen molar-refractivity contribution in [1.82, 2.24) is 0 Å². The van der Waals surface area contributed by atoms with Gasteiger partial charge in [0.15, 0.2) is 5.78 Å². The fourth-order valence-corrected chi connectivity index (χ4v) is 3.87. The summed E-state index contributed by atoms with van der Waals surface area (Å²) >= 11 is 12.3. The fourth-order valence-electron chi connectivity index (χ4n) is 3.50. The van der Waals surface area contributed by atoms with Gasteiger partial charge in [-0.25, -0.2) is 0 Å². The van der Waals surface area contributed by atoms with Crippen LogP contribution in [0.1, 0.15) is 31.8 Å². The SMILES string of the molecule is COc1ccc(C(=O)Nc2ccc(Cl)cc2C(=O)c2ccccc2)cc1COc1ccccc1Cl. The molecule has 1 N–H and O–H groups in total. The van der Waals surface area contributed by atoms with Crippen LogP contribution in [0, 0.1) is 0 Å². The number of halogens is 2. The first-order valence-electron chi connectivity index (χ1n) is 10.7. The summed E-state index contributed by atoms with van der Waals surface area (Å²) < 4.78 is 11.3. The summed E-state index contributed by atoms with van der Waals surface area (Å²) in [7, 11) is 1.54. The van der Waals surface area contributed by atoms with Crippen molar-refractivity contribution in [2.75, 3.05) is 12.4 Å². The van der Waals surface area contributed by atoms with Crippen LogP contribution in [-0.2, 0) is 6.61 Å². The molecule has 0 radical (unpaired) electrons. The Morgan fingerprint density at radius 3 is 2.29 bits per heavy atom. The van der Waals surface area contributed by atoms with Crippen molar-refractivity contribution in [2.24, 2.45) is 0 Å². The Balaban J connectivity index is 1.58. The molecule has 4 aromatic rings. The zero-order chi connectivity index (χ0) is 24.8. The van der Waals surface area contributed by atoms with E-state index in [0.29, 0.717) is 49.5 Å². The highest BCUT2D eigenvalue weighted by Gasteiger charge is 2.18. The lowest BCUT2D eigenvalue weighted by atomic mass is 10.0. The summed E-state index contributed by atoms with van der Waals surface area (Å²) in [6.45, 7) is 0.146. The predicted octanol–water partition coefficient (Wildman–Crippen LogP) is 7.06. The molecule has 0 bridgehead atoms. The molecule has 0 aliphatic rings. The van der Waals surface area contributed by atoms with Gasteiger partial charge in [-0.3, -0.25) is 9.59 Å². The van der Waals surface area contributed by atoms with E-state index in [4.69, 9.17) is 32.7 Å². The Morgan fingerprint density at radius 2 is 1.54 bits per heavy atom. The number of amides is 1. The summed E-state index contributed by atoms with van der Waals surface area (Å²) in [5.74, 6) is 0.458. The van der Waals surface area contributed by atoms with Gasteiger partial charge < -0.3 is 14.8 Å². The third-order valence-corrected chi connectivity index (χ3v) is 5.82. The minimum atomic E-state index is -0.393. The molecule has 4 aromatic carbocycles. The normalized spacial score (nSPS) is 10.5. The average molecular weight is 506 g/mol. The number of ketones is 1. The maximum Gasteiger partial charge on any atom is 0.255 e. The summed E-state index contributed by atoms with van der Waals surface area (Å²) in [4.78, 5) is 26.2. The standard InChI is InChI=1S/C28H21Cl2NO4/c1-34-25-14-11-19(15-20(25)17-35-26-10-6-5-9-23(26)30)28(33)31-24-13-12-21(29)16-22(24)27(32)18-7-3-2-4-8-18/h2-16H,17H2,1H3,(H,31,33). The summed E-state index contributed by atoms with van der Waals surface area (Å²) in [5, 5.41) is 3.71. The number of benzene rings is 4. The maximum absolute atomic E-state index is 13.1. The van der Waals surface area contributed by atoms with Crippen LogP contribution in [0.4, 0.5) is 5.69 Å². The number of methoxy groups -OCH3 is 1. The number of hydrogen-bond donors (Lipinski definition) is 1. The van der Waals surface area contributed by atoms with Gasteiger partial charge in [0.2, 0.25) is 0 Å². The molecule has 0 atom stereocenters.